The van der Waals surface area contributed by atoms with Crippen LogP contribution in [0.1, 0.15) is 15.9 Å². The number of nitrogen functional groups attached to an aromatic ring is 1. The topological polar surface area (TPSA) is 61.5 Å². The number of ether oxygens (including phenoxy) is 2. The molecule has 0 radical (unpaired) electrons. The lowest BCUT2D eigenvalue weighted by molar-refractivity contribution is 0.0594. The summed E-state index contributed by atoms with van der Waals surface area (Å²) in [6.45, 7) is 0.426. The van der Waals surface area contributed by atoms with Gasteiger partial charge in [-0.3, -0.25) is 0 Å². The van der Waals surface area contributed by atoms with Crippen molar-refractivity contribution in [2.45, 2.75) is 6.61 Å². The largest absolute Gasteiger partial charge is 0.465 e. The Bertz CT molecular complexity index is 421. The van der Waals surface area contributed by atoms with Crippen molar-refractivity contribution in [1.29, 1.82) is 0 Å². The summed E-state index contributed by atoms with van der Waals surface area (Å²) in [6, 6.07) is 4.91. The zero-order chi connectivity index (χ0) is 12.0. The summed E-state index contributed by atoms with van der Waals surface area (Å²) >= 11 is 0. The molecule has 0 amide bonds. The van der Waals surface area contributed by atoms with Crippen LogP contribution in [0.2, 0.25) is 0 Å². The van der Waals surface area contributed by atoms with Crippen molar-refractivity contribution in [2.75, 3.05) is 19.5 Å². The molecule has 0 aromatic heterocycles. The maximum Gasteiger partial charge on any atom is 0.338 e. The first kappa shape index (κ1) is 12.1. The van der Waals surface area contributed by atoms with Crippen molar-refractivity contribution in [3.63, 3.8) is 0 Å². The number of nitrogens with two attached hydrogens (primary N) is 1. The van der Waals surface area contributed by atoms with Crippen molar-refractivity contribution in [3.8, 4) is 12.3 Å². The second-order valence-electron chi connectivity index (χ2n) is 3.11. The normalized spacial score (nSPS) is 9.50. The number of terminal acetylenes is 1. The molecular formula is C12H13NO3. The SMILES string of the molecule is C#CCOCc1cc(N)ccc1C(=O)OC. The van der Waals surface area contributed by atoms with Gasteiger partial charge in [-0.2, -0.15) is 0 Å². The van der Waals surface area contributed by atoms with Crippen molar-refractivity contribution < 1.29 is 14.3 Å². The molecule has 1 aromatic carbocycles. The van der Waals surface area contributed by atoms with Gasteiger partial charge in [0, 0.05) is 5.69 Å². The molecular weight excluding hydrogens is 206 g/mol. The first-order valence-corrected chi connectivity index (χ1v) is 4.67. The monoisotopic (exact) mass is 219 g/mol. The molecule has 0 saturated carbocycles. The van der Waals surface area contributed by atoms with E-state index in [1.54, 1.807) is 18.2 Å². The zero-order valence-corrected chi connectivity index (χ0v) is 9.03. The summed E-state index contributed by atoms with van der Waals surface area (Å²) in [6.07, 6.45) is 5.06. The third-order valence-corrected chi connectivity index (χ3v) is 1.98. The van der Waals surface area contributed by atoms with Crippen LogP contribution in [0.25, 0.3) is 0 Å². The van der Waals surface area contributed by atoms with Gasteiger partial charge < -0.3 is 15.2 Å². The summed E-state index contributed by atoms with van der Waals surface area (Å²) < 4.78 is 9.81. The van der Waals surface area contributed by atoms with E-state index in [1.807, 2.05) is 0 Å². The lowest BCUT2D eigenvalue weighted by Crippen LogP contribution is -2.07. The van der Waals surface area contributed by atoms with E-state index in [4.69, 9.17) is 16.9 Å². The number of benzene rings is 1. The van der Waals surface area contributed by atoms with Gasteiger partial charge in [0.1, 0.15) is 6.61 Å². The van der Waals surface area contributed by atoms with Crippen LogP contribution < -0.4 is 5.73 Å². The number of rotatable bonds is 4. The molecule has 1 aromatic rings. The minimum atomic E-state index is -0.417. The molecule has 4 nitrogen and oxygen atoms in total. The molecule has 0 heterocycles. The summed E-state index contributed by atoms with van der Waals surface area (Å²) in [5.41, 5.74) is 7.29. The lowest BCUT2D eigenvalue weighted by Gasteiger charge is -2.08. The molecule has 2 N–H and O–H groups in total. The highest BCUT2D eigenvalue weighted by molar-refractivity contribution is 5.91. The highest BCUT2D eigenvalue weighted by atomic mass is 16.5. The van der Waals surface area contributed by atoms with Crippen LogP contribution in [0.5, 0.6) is 0 Å². The van der Waals surface area contributed by atoms with Gasteiger partial charge in [-0.15, -0.1) is 6.42 Å². The van der Waals surface area contributed by atoms with Crippen molar-refractivity contribution in [2.24, 2.45) is 0 Å². The van der Waals surface area contributed by atoms with Crippen molar-refractivity contribution >= 4 is 11.7 Å². The minimum Gasteiger partial charge on any atom is -0.465 e. The van der Waals surface area contributed by atoms with E-state index in [9.17, 15) is 4.79 Å². The Morgan fingerprint density at radius 2 is 2.31 bits per heavy atom. The molecule has 0 unspecified atom stereocenters. The molecule has 0 aliphatic heterocycles. The van der Waals surface area contributed by atoms with E-state index in [0.29, 0.717) is 16.8 Å². The van der Waals surface area contributed by atoms with Crippen molar-refractivity contribution in [1.82, 2.24) is 0 Å². The Balaban J connectivity index is 2.90. The van der Waals surface area contributed by atoms with Gasteiger partial charge >= 0.3 is 5.97 Å². The number of anilines is 1. The van der Waals surface area contributed by atoms with E-state index in [1.165, 1.54) is 7.11 Å². The number of methoxy groups -OCH3 is 1. The van der Waals surface area contributed by atoms with Crippen molar-refractivity contribution in [3.05, 3.63) is 29.3 Å². The molecule has 0 atom stereocenters. The summed E-state index contributed by atoms with van der Waals surface area (Å²) in [4.78, 5) is 11.4. The van der Waals surface area contributed by atoms with Gasteiger partial charge in [0.25, 0.3) is 0 Å². The Hall–Kier alpha value is -1.99. The Kier molecular flexibility index (Phi) is 4.37. The first-order chi connectivity index (χ1) is 7.69. The number of carbonyl (C=O) groups is 1. The fourth-order valence-electron chi connectivity index (χ4n) is 1.26. The van der Waals surface area contributed by atoms with Crippen LogP contribution in [0, 0.1) is 12.3 Å². The zero-order valence-electron chi connectivity index (χ0n) is 9.03. The molecule has 84 valence electrons. The quantitative estimate of drug-likeness (QED) is 0.358. The summed E-state index contributed by atoms with van der Waals surface area (Å²) in [5, 5.41) is 0. The highest BCUT2D eigenvalue weighted by Crippen LogP contribution is 2.15. The summed E-state index contributed by atoms with van der Waals surface area (Å²) in [7, 11) is 1.32. The molecule has 16 heavy (non-hydrogen) atoms. The lowest BCUT2D eigenvalue weighted by atomic mass is 10.1. The molecule has 0 saturated heterocycles. The smallest absolute Gasteiger partial charge is 0.338 e. The van der Waals surface area contributed by atoms with E-state index >= 15 is 0 Å². The molecule has 0 bridgehead atoms. The number of hydrogen-bond acceptors (Lipinski definition) is 4. The Labute approximate surface area is 94.3 Å². The van der Waals surface area contributed by atoms with E-state index < -0.39 is 5.97 Å². The van der Waals surface area contributed by atoms with Gasteiger partial charge in [0.15, 0.2) is 0 Å². The van der Waals surface area contributed by atoms with Crippen LogP contribution in [-0.2, 0) is 16.1 Å². The summed E-state index contributed by atoms with van der Waals surface area (Å²) in [5.74, 6) is 1.93. The second kappa shape index (κ2) is 5.79. The average Bonchev–Trinajstić information content (AvgIpc) is 2.29. The molecule has 4 heteroatoms. The van der Waals surface area contributed by atoms with Crippen LogP contribution in [0.3, 0.4) is 0 Å². The maximum absolute atomic E-state index is 11.4. The fourth-order valence-corrected chi connectivity index (χ4v) is 1.26. The molecule has 1 rings (SSSR count). The predicted molar refractivity (Wildman–Crippen MR) is 60.7 cm³/mol. The van der Waals surface area contributed by atoms with Crippen LogP contribution in [0.4, 0.5) is 5.69 Å². The Morgan fingerprint density at radius 1 is 1.56 bits per heavy atom. The number of hydrogen-bond donors (Lipinski definition) is 1. The molecule has 0 aliphatic rings. The third-order valence-electron chi connectivity index (χ3n) is 1.98. The van der Waals surface area contributed by atoms with Gasteiger partial charge in [-0.25, -0.2) is 4.79 Å². The number of esters is 1. The van der Waals surface area contributed by atoms with Crippen LogP contribution >= 0.6 is 0 Å². The van der Waals surface area contributed by atoms with Gasteiger partial charge in [-0.05, 0) is 23.8 Å². The maximum atomic E-state index is 11.4. The first-order valence-electron chi connectivity index (χ1n) is 4.67. The molecule has 0 aliphatic carbocycles. The average molecular weight is 219 g/mol. The van der Waals surface area contributed by atoms with E-state index in [-0.39, 0.29) is 13.2 Å². The second-order valence-corrected chi connectivity index (χ2v) is 3.11. The molecule has 0 spiro atoms. The highest BCUT2D eigenvalue weighted by Gasteiger charge is 2.11. The third kappa shape index (κ3) is 3.01. The standard InChI is InChI=1S/C12H13NO3/c1-3-6-16-8-9-7-10(13)4-5-11(9)12(14)15-2/h1,4-5,7H,6,8,13H2,2H3. The predicted octanol–water partition coefficient (Wildman–Crippen LogP) is 1.21. The minimum absolute atomic E-state index is 0.190. The van der Waals surface area contributed by atoms with Gasteiger partial charge in [0.2, 0.25) is 0 Å². The van der Waals surface area contributed by atoms with E-state index in [0.717, 1.165) is 0 Å². The van der Waals surface area contributed by atoms with Crippen LogP contribution in [-0.4, -0.2) is 19.7 Å². The number of carbonyl (C=O) groups excluding carboxylic acids is 1. The Morgan fingerprint density at radius 3 is 2.94 bits per heavy atom. The fraction of sp³-hybridized carbons (Fsp3) is 0.250. The van der Waals surface area contributed by atoms with Gasteiger partial charge in [-0.1, -0.05) is 5.92 Å². The van der Waals surface area contributed by atoms with Crippen LogP contribution in [0.15, 0.2) is 18.2 Å². The van der Waals surface area contributed by atoms with E-state index in [2.05, 4.69) is 10.7 Å². The molecule has 0 fully saturated rings. The van der Waals surface area contributed by atoms with Gasteiger partial charge in [0.05, 0.1) is 19.3 Å².